The minimum atomic E-state index is 0.104. The first-order valence-corrected chi connectivity index (χ1v) is 11.4. The van der Waals surface area contributed by atoms with Crippen LogP contribution in [0.25, 0.3) is 11.0 Å². The molecule has 29 heavy (non-hydrogen) atoms. The number of carbonyl (C=O) groups excluding carboxylic acids is 1. The van der Waals surface area contributed by atoms with Gasteiger partial charge in [0.2, 0.25) is 5.91 Å². The average molecular weight is 464 g/mol. The lowest BCUT2D eigenvalue weighted by molar-refractivity contribution is -0.117. The smallest absolute Gasteiger partial charge is 0.227 e. The zero-order valence-electron chi connectivity index (χ0n) is 16.9. The highest BCUT2D eigenvalue weighted by molar-refractivity contribution is 9.10. The molecule has 2 unspecified atom stereocenters. The predicted octanol–water partition coefficient (Wildman–Crippen LogP) is 3.79. The maximum Gasteiger partial charge on any atom is 0.227 e. The number of carbonyl (C=O) groups is 1. The van der Waals surface area contributed by atoms with Crippen LogP contribution in [0, 0.1) is 5.92 Å². The summed E-state index contributed by atoms with van der Waals surface area (Å²) in [7, 11) is 0. The van der Waals surface area contributed by atoms with Gasteiger partial charge in [0.15, 0.2) is 0 Å². The van der Waals surface area contributed by atoms with Crippen LogP contribution in [0.1, 0.15) is 45.4 Å². The number of nitrogens with one attached hydrogen (secondary N) is 2. The van der Waals surface area contributed by atoms with Crippen molar-refractivity contribution < 1.29 is 9.53 Å². The largest absolute Gasteiger partial charge is 0.379 e. The van der Waals surface area contributed by atoms with Crippen molar-refractivity contribution in [2.45, 2.75) is 57.6 Å². The van der Waals surface area contributed by atoms with E-state index >= 15 is 0 Å². The van der Waals surface area contributed by atoms with E-state index in [2.05, 4.69) is 43.0 Å². The Hall–Kier alpha value is -1.64. The maximum atomic E-state index is 12.2. The van der Waals surface area contributed by atoms with Gasteiger partial charge in [-0.15, -0.1) is 0 Å². The summed E-state index contributed by atoms with van der Waals surface area (Å²) in [4.78, 5) is 22.0. The topological polar surface area (TPSA) is 96.3 Å². The molecule has 0 bridgehead atoms. The van der Waals surface area contributed by atoms with Gasteiger partial charge in [-0.2, -0.15) is 0 Å². The number of piperidine rings is 1. The zero-order valence-corrected chi connectivity index (χ0v) is 18.5. The van der Waals surface area contributed by atoms with Crippen LogP contribution in [0.4, 0.5) is 11.4 Å². The molecule has 5 rings (SSSR count). The fourth-order valence-electron chi connectivity index (χ4n) is 4.00. The number of anilines is 2. The lowest BCUT2D eigenvalue weighted by Crippen LogP contribution is -2.43. The van der Waals surface area contributed by atoms with Crippen molar-refractivity contribution in [2.24, 2.45) is 11.7 Å². The number of amides is 1. The number of nitrogens with two attached hydrogens (primary N) is 1. The van der Waals surface area contributed by atoms with E-state index in [1.165, 1.54) is 12.8 Å². The van der Waals surface area contributed by atoms with E-state index in [-0.39, 0.29) is 17.9 Å². The Morgan fingerprint density at radius 3 is 2.79 bits per heavy atom. The molecular weight excluding hydrogens is 434 g/mol. The number of rotatable bonds is 3. The third-order valence-electron chi connectivity index (χ3n) is 5.77. The standard InChI is InChI=1S/C16H20BrN5O.C5H10O/c17-11-6-19-15-13(14(11)22-5-1-2-10(18)8-22)12(7-20-15)21-16(23)9-3-4-9;1-5-3-2-4-6-5/h6-7,9-10H,1-5,8,18H2,(H,19,20)(H,21,23);5H,2-4H2,1H3. The average Bonchev–Trinajstić information content (AvgIpc) is 3.33. The molecule has 1 aliphatic carbocycles. The number of hydrogen-bond donors (Lipinski definition) is 3. The van der Waals surface area contributed by atoms with Gasteiger partial charge in [0, 0.05) is 44.0 Å². The van der Waals surface area contributed by atoms with E-state index in [0.717, 1.165) is 72.3 Å². The highest BCUT2D eigenvalue weighted by Crippen LogP contribution is 2.39. The minimum Gasteiger partial charge on any atom is -0.379 e. The van der Waals surface area contributed by atoms with Crippen LogP contribution in [0.5, 0.6) is 0 Å². The van der Waals surface area contributed by atoms with Crippen LogP contribution >= 0.6 is 15.9 Å². The summed E-state index contributed by atoms with van der Waals surface area (Å²) in [5, 5.41) is 4.02. The van der Waals surface area contributed by atoms with Crippen molar-refractivity contribution in [1.29, 1.82) is 0 Å². The summed E-state index contributed by atoms with van der Waals surface area (Å²) in [6.07, 6.45) is 10.8. The number of nitrogens with zero attached hydrogens (tertiary/aromatic N) is 2. The summed E-state index contributed by atoms with van der Waals surface area (Å²) >= 11 is 3.63. The fourth-order valence-corrected chi connectivity index (χ4v) is 4.55. The first kappa shape index (κ1) is 20.6. The van der Waals surface area contributed by atoms with E-state index in [1.54, 1.807) is 6.20 Å². The van der Waals surface area contributed by atoms with Crippen LogP contribution < -0.4 is 16.0 Å². The first-order chi connectivity index (χ1) is 14.0. The molecule has 3 aliphatic rings. The van der Waals surface area contributed by atoms with Crippen molar-refractivity contribution >= 4 is 44.2 Å². The Morgan fingerprint density at radius 1 is 1.34 bits per heavy atom. The lowest BCUT2D eigenvalue weighted by atomic mass is 10.1. The monoisotopic (exact) mass is 463 g/mol. The van der Waals surface area contributed by atoms with Crippen molar-refractivity contribution in [3.63, 3.8) is 0 Å². The van der Waals surface area contributed by atoms with Gasteiger partial charge >= 0.3 is 0 Å². The van der Waals surface area contributed by atoms with Crippen molar-refractivity contribution in [3.05, 3.63) is 16.9 Å². The van der Waals surface area contributed by atoms with E-state index in [9.17, 15) is 4.79 Å². The van der Waals surface area contributed by atoms with Gasteiger partial charge in [-0.25, -0.2) is 4.98 Å². The molecule has 2 atom stereocenters. The molecule has 158 valence electrons. The Labute approximate surface area is 179 Å². The second-order valence-electron chi connectivity index (χ2n) is 8.32. The summed E-state index contributed by atoms with van der Waals surface area (Å²) in [5.41, 5.74) is 8.81. The summed E-state index contributed by atoms with van der Waals surface area (Å²) < 4.78 is 6.08. The number of fused-ring (bicyclic) bond motifs is 1. The summed E-state index contributed by atoms with van der Waals surface area (Å²) in [6.45, 7) is 4.89. The lowest BCUT2D eigenvalue weighted by Gasteiger charge is -2.33. The Bertz CT molecular complexity index is 860. The molecule has 2 aliphatic heterocycles. The van der Waals surface area contributed by atoms with Gasteiger partial charge in [-0.3, -0.25) is 4.79 Å². The number of ether oxygens (including phenoxy) is 1. The molecule has 3 fully saturated rings. The van der Waals surface area contributed by atoms with Gasteiger partial charge in [0.1, 0.15) is 5.65 Å². The molecule has 2 saturated heterocycles. The quantitative estimate of drug-likeness (QED) is 0.643. The number of H-pyrrole nitrogens is 1. The van der Waals surface area contributed by atoms with E-state index in [4.69, 9.17) is 10.5 Å². The Kier molecular flexibility index (Phi) is 6.41. The van der Waals surface area contributed by atoms with Gasteiger partial charge in [0.25, 0.3) is 0 Å². The summed E-state index contributed by atoms with van der Waals surface area (Å²) in [6, 6.07) is 0.183. The SMILES string of the molecule is CC1CCCO1.NC1CCCN(c2c(Br)cnc3[nH]cc(NC(=O)C4CC4)c23)C1. The maximum absolute atomic E-state index is 12.2. The number of pyridine rings is 1. The number of hydrogen-bond acceptors (Lipinski definition) is 5. The number of aromatic amines is 1. The molecular formula is C21H30BrN5O2. The highest BCUT2D eigenvalue weighted by atomic mass is 79.9. The third-order valence-corrected chi connectivity index (χ3v) is 6.35. The minimum absolute atomic E-state index is 0.104. The summed E-state index contributed by atoms with van der Waals surface area (Å²) in [5.74, 6) is 0.277. The van der Waals surface area contributed by atoms with Crippen molar-refractivity contribution in [1.82, 2.24) is 9.97 Å². The normalized spacial score (nSPS) is 24.3. The number of halogens is 1. The third kappa shape index (κ3) is 4.92. The Morgan fingerprint density at radius 2 is 2.17 bits per heavy atom. The molecule has 1 saturated carbocycles. The molecule has 8 heteroatoms. The molecule has 4 N–H and O–H groups in total. The van der Waals surface area contributed by atoms with Crippen LogP contribution in [0.15, 0.2) is 16.9 Å². The molecule has 2 aromatic heterocycles. The van der Waals surface area contributed by atoms with E-state index in [1.807, 2.05) is 6.20 Å². The van der Waals surface area contributed by atoms with E-state index in [0.29, 0.717) is 6.10 Å². The molecule has 0 radical (unpaired) electrons. The molecule has 0 aromatic carbocycles. The van der Waals surface area contributed by atoms with Crippen LogP contribution in [-0.2, 0) is 9.53 Å². The van der Waals surface area contributed by atoms with Gasteiger partial charge in [-0.05, 0) is 61.4 Å². The van der Waals surface area contributed by atoms with Crippen molar-refractivity contribution in [2.75, 3.05) is 29.9 Å². The molecule has 0 spiro atoms. The van der Waals surface area contributed by atoms with Crippen molar-refractivity contribution in [3.8, 4) is 0 Å². The predicted molar refractivity (Wildman–Crippen MR) is 119 cm³/mol. The zero-order chi connectivity index (χ0) is 20.4. The van der Waals surface area contributed by atoms with Crippen LogP contribution in [0.2, 0.25) is 0 Å². The van der Waals surface area contributed by atoms with Gasteiger partial charge < -0.3 is 25.7 Å². The highest BCUT2D eigenvalue weighted by Gasteiger charge is 2.31. The van der Waals surface area contributed by atoms with Crippen LogP contribution in [-0.4, -0.2) is 47.7 Å². The molecule has 1 amide bonds. The number of aromatic nitrogens is 2. The van der Waals surface area contributed by atoms with E-state index < -0.39 is 0 Å². The van der Waals surface area contributed by atoms with Gasteiger partial charge in [-0.1, -0.05) is 0 Å². The Balaban J connectivity index is 0.000000294. The second kappa shape index (κ2) is 9.02. The molecule has 7 nitrogen and oxygen atoms in total. The van der Waals surface area contributed by atoms with Crippen LogP contribution in [0.3, 0.4) is 0 Å². The molecule has 4 heterocycles. The first-order valence-electron chi connectivity index (χ1n) is 10.6. The van der Waals surface area contributed by atoms with Gasteiger partial charge in [0.05, 0.1) is 27.3 Å². The second-order valence-corrected chi connectivity index (χ2v) is 9.17. The molecule has 2 aromatic rings. The fraction of sp³-hybridized carbons (Fsp3) is 0.619.